The number of phenols is 1. The summed E-state index contributed by atoms with van der Waals surface area (Å²) in [5.74, 6) is 0.209. The summed E-state index contributed by atoms with van der Waals surface area (Å²) in [6.45, 7) is 17.1. The van der Waals surface area contributed by atoms with Crippen molar-refractivity contribution < 1.29 is 15.0 Å². The number of hydrogen-bond donors (Lipinski definition) is 2. The summed E-state index contributed by atoms with van der Waals surface area (Å²) in [6.07, 6.45) is 3.69. The maximum atomic E-state index is 12.5. The van der Waals surface area contributed by atoms with Crippen molar-refractivity contribution in [3.05, 3.63) is 52.1 Å². The lowest BCUT2D eigenvalue weighted by molar-refractivity contribution is 0.0697. The number of rotatable bonds is 10. The average Bonchev–Trinajstić information content (AvgIpc) is 2.80. The summed E-state index contributed by atoms with van der Waals surface area (Å²) in [6, 6.07) is 8.22. The first-order valence-electron chi connectivity index (χ1n) is 12.4. The molecule has 0 saturated carbocycles. The van der Waals surface area contributed by atoms with Crippen molar-refractivity contribution in [1.29, 1.82) is 0 Å². The molecule has 0 aliphatic heterocycles. The molecule has 0 spiro atoms. The third-order valence-corrected chi connectivity index (χ3v) is 7.52. The molecule has 32 heavy (non-hydrogen) atoms. The summed E-state index contributed by atoms with van der Waals surface area (Å²) in [5, 5.41) is 21.7. The fourth-order valence-corrected chi connectivity index (χ4v) is 4.43. The lowest BCUT2D eigenvalue weighted by atomic mass is 9.78. The van der Waals surface area contributed by atoms with Gasteiger partial charge < -0.3 is 10.2 Å². The van der Waals surface area contributed by atoms with E-state index in [-0.39, 0.29) is 23.5 Å². The third-order valence-electron chi connectivity index (χ3n) is 7.52. The zero-order valence-electron chi connectivity index (χ0n) is 21.2. The van der Waals surface area contributed by atoms with Crippen molar-refractivity contribution >= 4 is 5.97 Å². The normalized spacial score (nSPS) is 15.2. The van der Waals surface area contributed by atoms with Gasteiger partial charge in [-0.15, -0.1) is 0 Å². The number of carbonyl (C=O) groups is 1. The van der Waals surface area contributed by atoms with Crippen molar-refractivity contribution in [1.82, 2.24) is 0 Å². The van der Waals surface area contributed by atoms with E-state index in [0.717, 1.165) is 42.4 Å². The molecule has 0 amide bonds. The van der Waals surface area contributed by atoms with E-state index in [4.69, 9.17) is 0 Å². The summed E-state index contributed by atoms with van der Waals surface area (Å²) < 4.78 is 0. The van der Waals surface area contributed by atoms with Crippen LogP contribution in [0.3, 0.4) is 0 Å². The molecule has 0 saturated heterocycles. The molecule has 176 valence electrons. The number of hydrogen-bond acceptors (Lipinski definition) is 2. The van der Waals surface area contributed by atoms with Gasteiger partial charge >= 0.3 is 5.97 Å². The molecule has 2 rings (SSSR count). The van der Waals surface area contributed by atoms with Crippen molar-refractivity contribution in [3.63, 3.8) is 0 Å². The fraction of sp³-hybridized carbons (Fsp3) is 0.552. The minimum absolute atomic E-state index is 0.0473. The number of benzene rings is 2. The predicted molar refractivity (Wildman–Crippen MR) is 135 cm³/mol. The highest BCUT2D eigenvalue weighted by atomic mass is 16.4. The van der Waals surface area contributed by atoms with Crippen LogP contribution in [0.15, 0.2) is 24.3 Å². The maximum Gasteiger partial charge on any atom is 0.336 e. The minimum Gasteiger partial charge on any atom is -0.507 e. The van der Waals surface area contributed by atoms with E-state index < -0.39 is 5.97 Å². The van der Waals surface area contributed by atoms with Gasteiger partial charge in [0.1, 0.15) is 5.75 Å². The summed E-state index contributed by atoms with van der Waals surface area (Å²) in [4.78, 5) is 12.5. The Hall–Kier alpha value is -2.29. The van der Waals surface area contributed by atoms with Gasteiger partial charge in [0.25, 0.3) is 0 Å². The quantitative estimate of drug-likeness (QED) is 0.389. The number of aromatic hydroxyl groups is 1. The lowest BCUT2D eigenvalue weighted by Crippen LogP contribution is -2.11. The van der Waals surface area contributed by atoms with Crippen LogP contribution < -0.4 is 0 Å². The van der Waals surface area contributed by atoms with Crippen LogP contribution in [-0.4, -0.2) is 16.2 Å². The smallest absolute Gasteiger partial charge is 0.336 e. The van der Waals surface area contributed by atoms with E-state index in [1.807, 2.05) is 6.92 Å². The second-order valence-electron chi connectivity index (χ2n) is 9.54. The highest BCUT2D eigenvalue weighted by Crippen LogP contribution is 2.47. The van der Waals surface area contributed by atoms with Gasteiger partial charge in [-0.2, -0.15) is 0 Å². The molecule has 2 N–H and O–H groups in total. The Morgan fingerprint density at radius 3 is 1.81 bits per heavy atom. The van der Waals surface area contributed by atoms with Crippen molar-refractivity contribution in [2.75, 3.05) is 0 Å². The van der Waals surface area contributed by atoms with Crippen molar-refractivity contribution in [3.8, 4) is 16.9 Å². The van der Waals surface area contributed by atoms with E-state index >= 15 is 0 Å². The molecule has 2 aromatic rings. The molecule has 2 aromatic carbocycles. The monoisotopic (exact) mass is 438 g/mol. The van der Waals surface area contributed by atoms with Gasteiger partial charge in [-0.25, -0.2) is 4.79 Å². The van der Waals surface area contributed by atoms with Crippen molar-refractivity contribution in [2.24, 2.45) is 0 Å². The van der Waals surface area contributed by atoms with E-state index in [9.17, 15) is 15.0 Å². The van der Waals surface area contributed by atoms with Gasteiger partial charge in [-0.3, -0.25) is 0 Å². The largest absolute Gasteiger partial charge is 0.507 e. The molecule has 3 heteroatoms. The van der Waals surface area contributed by atoms with Crippen LogP contribution in [-0.2, 0) is 0 Å². The summed E-state index contributed by atoms with van der Waals surface area (Å²) in [5.41, 5.74) is 5.93. The molecule has 4 unspecified atom stereocenters. The van der Waals surface area contributed by atoms with E-state index in [1.165, 1.54) is 11.1 Å². The predicted octanol–water partition coefficient (Wildman–Crippen LogP) is 8.81. The highest BCUT2D eigenvalue weighted by Gasteiger charge is 2.28. The van der Waals surface area contributed by atoms with Crippen LogP contribution in [0, 0.1) is 0 Å². The molecule has 0 aromatic heterocycles. The Balaban J connectivity index is 3.01. The van der Waals surface area contributed by atoms with Gasteiger partial charge in [0.15, 0.2) is 0 Å². The molecule has 0 heterocycles. The Kier molecular flexibility index (Phi) is 8.95. The van der Waals surface area contributed by atoms with Crippen LogP contribution in [0.2, 0.25) is 0 Å². The molecule has 0 bridgehead atoms. The number of aromatic carboxylic acids is 1. The SMILES string of the molecule is CCC(C)c1ccc(-c2c(C(=O)O)cc(C(C)CC)c(O)c2C(C)CC)c(C(C)CC)c1. The first kappa shape index (κ1) is 26.0. The molecule has 0 aliphatic carbocycles. The summed E-state index contributed by atoms with van der Waals surface area (Å²) in [7, 11) is 0. The molecule has 3 nitrogen and oxygen atoms in total. The lowest BCUT2D eigenvalue weighted by Gasteiger charge is -2.26. The molecule has 0 radical (unpaired) electrons. The van der Waals surface area contributed by atoms with Gasteiger partial charge in [-0.1, -0.05) is 73.6 Å². The zero-order chi connectivity index (χ0) is 24.2. The first-order valence-corrected chi connectivity index (χ1v) is 12.4. The van der Waals surface area contributed by atoms with Crippen LogP contribution >= 0.6 is 0 Å². The van der Waals surface area contributed by atoms with Gasteiger partial charge in [-0.05, 0) is 77.7 Å². The highest BCUT2D eigenvalue weighted by molar-refractivity contribution is 5.99. The molecule has 0 fully saturated rings. The summed E-state index contributed by atoms with van der Waals surface area (Å²) >= 11 is 0. The first-order chi connectivity index (χ1) is 15.1. The number of phenolic OH excluding ortho intramolecular Hbond substituents is 1. The average molecular weight is 439 g/mol. The molecular weight excluding hydrogens is 396 g/mol. The number of carboxylic acid groups (broad SMARTS) is 1. The second-order valence-corrected chi connectivity index (χ2v) is 9.54. The standard InChI is InChI=1S/C29H42O3/c1-9-17(5)21-13-14-22(23(15-21)18(6)10-2)27-25(29(31)32)16-24(19(7)11-3)28(30)26(27)20(8)12-4/h13-20,30H,9-12H2,1-8H3,(H,31,32). The molecule has 4 atom stereocenters. The van der Waals surface area contributed by atoms with E-state index in [0.29, 0.717) is 17.0 Å². The Morgan fingerprint density at radius 2 is 1.31 bits per heavy atom. The minimum atomic E-state index is -0.935. The fourth-order valence-electron chi connectivity index (χ4n) is 4.43. The molecular formula is C29H42O3. The van der Waals surface area contributed by atoms with Crippen LogP contribution in [0.25, 0.3) is 11.1 Å². The van der Waals surface area contributed by atoms with Crippen LogP contribution in [0.1, 0.15) is 137 Å². The van der Waals surface area contributed by atoms with Gasteiger partial charge in [0, 0.05) is 11.1 Å². The maximum absolute atomic E-state index is 12.5. The van der Waals surface area contributed by atoms with E-state index in [2.05, 4.69) is 66.7 Å². The zero-order valence-corrected chi connectivity index (χ0v) is 21.2. The van der Waals surface area contributed by atoms with Crippen molar-refractivity contribution in [2.45, 2.75) is 105 Å². The number of carboxylic acids is 1. The topological polar surface area (TPSA) is 57.5 Å². The van der Waals surface area contributed by atoms with Gasteiger partial charge in [0.2, 0.25) is 0 Å². The van der Waals surface area contributed by atoms with Gasteiger partial charge in [0.05, 0.1) is 5.56 Å². The van der Waals surface area contributed by atoms with Crippen LogP contribution in [0.5, 0.6) is 5.75 Å². The van der Waals surface area contributed by atoms with E-state index in [1.54, 1.807) is 6.07 Å². The Morgan fingerprint density at radius 1 is 0.781 bits per heavy atom. The second kappa shape index (κ2) is 11.0. The Labute approximate surface area is 194 Å². The Bertz CT molecular complexity index is 944. The van der Waals surface area contributed by atoms with Crippen LogP contribution in [0.4, 0.5) is 0 Å². The third kappa shape index (κ3) is 5.03. The molecule has 0 aliphatic rings.